The molecular weight excluding hydrogens is 192 g/mol. The number of aliphatic carboxylic acids is 1. The molecule has 0 heterocycles. The monoisotopic (exact) mass is 208 g/mol. The summed E-state index contributed by atoms with van der Waals surface area (Å²) in [6.07, 6.45) is 14.3. The maximum Gasteiger partial charge on any atom is 0.328 e. The molecule has 0 spiro atoms. The van der Waals surface area contributed by atoms with Crippen LogP contribution in [0.2, 0.25) is 0 Å². The Kier molecular flexibility index (Phi) is 9.30. The molecule has 0 rings (SSSR count). The molecule has 0 aromatic carbocycles. The molecule has 0 aromatic rings. The second-order valence-electron chi connectivity index (χ2n) is 2.96. The second-order valence-corrected chi connectivity index (χ2v) is 2.96. The van der Waals surface area contributed by atoms with E-state index in [0.717, 1.165) is 31.6 Å². The van der Waals surface area contributed by atoms with Gasteiger partial charge in [0.25, 0.3) is 0 Å². The van der Waals surface area contributed by atoms with Crippen LogP contribution in [0, 0.1) is 0 Å². The van der Waals surface area contributed by atoms with Gasteiger partial charge in [0.15, 0.2) is 0 Å². The molecule has 3 heteroatoms. The quantitative estimate of drug-likeness (QED) is 0.288. The highest BCUT2D eigenvalue weighted by Crippen LogP contribution is 1.98. The van der Waals surface area contributed by atoms with Crippen LogP contribution in [-0.2, 0) is 9.59 Å². The summed E-state index contributed by atoms with van der Waals surface area (Å²) >= 11 is 0. The number of carbonyl (C=O) groups is 2. The van der Waals surface area contributed by atoms with Crippen molar-refractivity contribution >= 4 is 12.3 Å². The molecule has 82 valence electrons. The number of aldehydes is 1. The van der Waals surface area contributed by atoms with Crippen LogP contribution in [0.3, 0.4) is 0 Å². The van der Waals surface area contributed by atoms with Crippen LogP contribution in [0.4, 0.5) is 0 Å². The highest BCUT2D eigenvalue weighted by Gasteiger charge is 1.83. The predicted molar refractivity (Wildman–Crippen MR) is 59.6 cm³/mol. The normalized spacial score (nSPS) is 11.7. The molecule has 1 N–H and O–H groups in total. The summed E-state index contributed by atoms with van der Waals surface area (Å²) in [6, 6.07) is 0. The maximum absolute atomic E-state index is 10.1. The van der Waals surface area contributed by atoms with E-state index >= 15 is 0 Å². The van der Waals surface area contributed by atoms with E-state index in [-0.39, 0.29) is 0 Å². The molecule has 0 aliphatic carbocycles. The molecule has 0 aliphatic rings. The van der Waals surface area contributed by atoms with Gasteiger partial charge in [-0.1, -0.05) is 30.4 Å². The largest absolute Gasteiger partial charge is 0.478 e. The number of allylic oxidation sites excluding steroid dienone is 5. The molecule has 0 unspecified atom stereocenters. The Morgan fingerprint density at radius 1 is 1.00 bits per heavy atom. The first-order chi connectivity index (χ1) is 7.27. The smallest absolute Gasteiger partial charge is 0.328 e. The Morgan fingerprint density at radius 3 is 2.33 bits per heavy atom. The molecule has 0 aliphatic heterocycles. The van der Waals surface area contributed by atoms with Gasteiger partial charge in [-0.25, -0.2) is 4.79 Å². The zero-order chi connectivity index (χ0) is 11.4. The third-order valence-electron chi connectivity index (χ3n) is 1.65. The van der Waals surface area contributed by atoms with Gasteiger partial charge in [-0.15, -0.1) is 0 Å². The van der Waals surface area contributed by atoms with Crippen LogP contribution >= 0.6 is 0 Å². The second kappa shape index (κ2) is 10.4. The Morgan fingerprint density at radius 2 is 1.67 bits per heavy atom. The van der Waals surface area contributed by atoms with Gasteiger partial charge in [0.2, 0.25) is 0 Å². The summed E-state index contributed by atoms with van der Waals surface area (Å²) in [4.78, 5) is 20.0. The summed E-state index contributed by atoms with van der Waals surface area (Å²) in [5, 5.41) is 8.27. The first-order valence-electron chi connectivity index (χ1n) is 4.94. The number of hydrogen-bond donors (Lipinski definition) is 1. The van der Waals surface area contributed by atoms with Crippen molar-refractivity contribution in [3.63, 3.8) is 0 Å². The molecule has 0 radical (unpaired) electrons. The molecule has 0 aromatic heterocycles. The molecule has 3 nitrogen and oxygen atoms in total. The minimum atomic E-state index is -0.947. The summed E-state index contributed by atoms with van der Waals surface area (Å²) in [7, 11) is 0. The van der Waals surface area contributed by atoms with Gasteiger partial charge in [0, 0.05) is 12.5 Å². The number of carboxylic acid groups (broad SMARTS) is 1. The lowest BCUT2D eigenvalue weighted by molar-refractivity contribution is -0.131. The van der Waals surface area contributed by atoms with Gasteiger partial charge >= 0.3 is 5.97 Å². The van der Waals surface area contributed by atoms with E-state index in [1.807, 2.05) is 12.2 Å². The number of carboxylic acids is 1. The third-order valence-corrected chi connectivity index (χ3v) is 1.65. The maximum atomic E-state index is 10.1. The van der Waals surface area contributed by atoms with Crippen molar-refractivity contribution in [2.75, 3.05) is 0 Å². The minimum absolute atomic E-state index is 0.630. The predicted octanol–water partition coefficient (Wildman–Crippen LogP) is 2.50. The average molecular weight is 208 g/mol. The molecule has 0 saturated heterocycles. The lowest BCUT2D eigenvalue weighted by atomic mass is 10.2. The Labute approximate surface area is 89.8 Å². The first-order valence-corrected chi connectivity index (χ1v) is 4.94. The van der Waals surface area contributed by atoms with Crippen molar-refractivity contribution in [1.82, 2.24) is 0 Å². The average Bonchev–Trinajstić information content (AvgIpc) is 2.20. The summed E-state index contributed by atoms with van der Waals surface area (Å²) in [5.41, 5.74) is 0. The van der Waals surface area contributed by atoms with E-state index in [1.54, 1.807) is 12.2 Å². The van der Waals surface area contributed by atoms with E-state index in [1.165, 1.54) is 6.08 Å². The van der Waals surface area contributed by atoms with Crippen molar-refractivity contribution in [1.29, 1.82) is 0 Å². The Bertz CT molecular complexity index is 262. The summed E-state index contributed by atoms with van der Waals surface area (Å²) in [5.74, 6) is -0.947. The number of unbranched alkanes of at least 4 members (excludes halogenated alkanes) is 3. The van der Waals surface area contributed by atoms with Gasteiger partial charge in [0.05, 0.1) is 0 Å². The van der Waals surface area contributed by atoms with Crippen LogP contribution in [0.5, 0.6) is 0 Å². The van der Waals surface area contributed by atoms with Crippen molar-refractivity contribution in [3.05, 3.63) is 36.5 Å². The van der Waals surface area contributed by atoms with Crippen LogP contribution < -0.4 is 0 Å². The van der Waals surface area contributed by atoms with E-state index in [0.29, 0.717) is 6.42 Å². The molecule has 15 heavy (non-hydrogen) atoms. The number of rotatable bonds is 8. The fourth-order valence-corrected chi connectivity index (χ4v) is 0.931. The SMILES string of the molecule is O=CCCCCC=CC=CC=CC(=O)O. The van der Waals surface area contributed by atoms with Gasteiger partial charge in [-0.2, -0.15) is 0 Å². The highest BCUT2D eigenvalue weighted by molar-refractivity contribution is 5.80. The molecule has 0 bridgehead atoms. The molecule has 0 atom stereocenters. The van der Waals surface area contributed by atoms with E-state index in [9.17, 15) is 9.59 Å². The fourth-order valence-electron chi connectivity index (χ4n) is 0.931. The minimum Gasteiger partial charge on any atom is -0.478 e. The van der Waals surface area contributed by atoms with Crippen LogP contribution in [0.25, 0.3) is 0 Å². The molecule has 0 fully saturated rings. The lowest BCUT2D eigenvalue weighted by Crippen LogP contribution is -1.84. The van der Waals surface area contributed by atoms with Crippen molar-refractivity contribution in [3.8, 4) is 0 Å². The Balaban J connectivity index is 3.45. The van der Waals surface area contributed by atoms with Crippen LogP contribution in [0.15, 0.2) is 36.5 Å². The zero-order valence-electron chi connectivity index (χ0n) is 8.63. The van der Waals surface area contributed by atoms with Gasteiger partial charge in [0.1, 0.15) is 6.29 Å². The fraction of sp³-hybridized carbons (Fsp3) is 0.333. The lowest BCUT2D eigenvalue weighted by Gasteiger charge is -1.89. The molecule has 0 amide bonds. The molecular formula is C12H16O3. The Hall–Kier alpha value is -1.64. The van der Waals surface area contributed by atoms with Crippen LogP contribution in [-0.4, -0.2) is 17.4 Å². The topological polar surface area (TPSA) is 54.4 Å². The summed E-state index contributed by atoms with van der Waals surface area (Å²) < 4.78 is 0. The van der Waals surface area contributed by atoms with Crippen molar-refractivity contribution in [2.45, 2.75) is 25.7 Å². The van der Waals surface area contributed by atoms with E-state index < -0.39 is 5.97 Å². The van der Waals surface area contributed by atoms with E-state index in [2.05, 4.69) is 0 Å². The molecule has 0 saturated carbocycles. The first kappa shape index (κ1) is 13.4. The summed E-state index contributed by atoms with van der Waals surface area (Å²) in [6.45, 7) is 0. The van der Waals surface area contributed by atoms with Gasteiger partial charge in [-0.3, -0.25) is 0 Å². The standard InChI is InChI=1S/C12H16O3/c13-11-9-7-5-3-1-2-4-6-8-10-12(14)15/h1-2,4,6,8,10-11H,3,5,7,9H2,(H,14,15). The van der Waals surface area contributed by atoms with Gasteiger partial charge < -0.3 is 9.90 Å². The van der Waals surface area contributed by atoms with E-state index in [4.69, 9.17) is 5.11 Å². The third kappa shape index (κ3) is 12.4. The highest BCUT2D eigenvalue weighted by atomic mass is 16.4. The van der Waals surface area contributed by atoms with Gasteiger partial charge in [-0.05, 0) is 19.3 Å². The number of hydrogen-bond acceptors (Lipinski definition) is 2. The van der Waals surface area contributed by atoms with Crippen LogP contribution in [0.1, 0.15) is 25.7 Å². The number of carbonyl (C=O) groups excluding carboxylic acids is 1. The van der Waals surface area contributed by atoms with Crippen molar-refractivity contribution < 1.29 is 14.7 Å². The van der Waals surface area contributed by atoms with Crippen molar-refractivity contribution in [2.24, 2.45) is 0 Å². The zero-order valence-corrected chi connectivity index (χ0v) is 8.63.